The Hall–Kier alpha value is -3.07. The van der Waals surface area contributed by atoms with Gasteiger partial charge in [-0.05, 0) is 37.1 Å². The van der Waals surface area contributed by atoms with Crippen LogP contribution in [0.3, 0.4) is 0 Å². The largest absolute Gasteiger partial charge is 0.368 e. The van der Waals surface area contributed by atoms with Crippen LogP contribution in [0, 0.1) is 6.92 Å². The topological polar surface area (TPSA) is 103 Å². The van der Waals surface area contributed by atoms with E-state index in [4.69, 9.17) is 0 Å². The summed E-state index contributed by atoms with van der Waals surface area (Å²) < 4.78 is 0. The third kappa shape index (κ3) is 5.50. The van der Waals surface area contributed by atoms with Gasteiger partial charge in [-0.25, -0.2) is 4.98 Å². The van der Waals surface area contributed by atoms with Gasteiger partial charge in [0.25, 0.3) is 5.91 Å². The molecule has 30 heavy (non-hydrogen) atoms. The Kier molecular flexibility index (Phi) is 7.29. The SMILES string of the molecule is CCCC(=O)Nc1cc(CN2CCN(c3ccc(C(=O)NC)nc3C)CC2)cnn1. The number of aromatic nitrogens is 3. The Morgan fingerprint density at radius 2 is 1.93 bits per heavy atom. The van der Waals surface area contributed by atoms with Crippen molar-refractivity contribution in [2.75, 3.05) is 43.4 Å². The zero-order chi connectivity index (χ0) is 21.5. The summed E-state index contributed by atoms with van der Waals surface area (Å²) in [4.78, 5) is 32.6. The quantitative estimate of drug-likeness (QED) is 0.713. The maximum Gasteiger partial charge on any atom is 0.269 e. The second-order valence-electron chi connectivity index (χ2n) is 7.39. The molecule has 2 N–H and O–H groups in total. The highest BCUT2D eigenvalue weighted by molar-refractivity contribution is 5.92. The minimum absolute atomic E-state index is 0.0380. The van der Waals surface area contributed by atoms with Gasteiger partial charge >= 0.3 is 0 Å². The number of nitrogens with one attached hydrogen (secondary N) is 2. The lowest BCUT2D eigenvalue weighted by molar-refractivity contribution is -0.116. The average molecular weight is 412 g/mol. The van der Waals surface area contributed by atoms with Crippen LogP contribution in [0.25, 0.3) is 0 Å². The third-order valence-corrected chi connectivity index (χ3v) is 5.09. The van der Waals surface area contributed by atoms with E-state index in [1.54, 1.807) is 19.3 Å². The molecule has 0 saturated carbocycles. The van der Waals surface area contributed by atoms with Gasteiger partial charge in [-0.3, -0.25) is 14.5 Å². The molecule has 1 aliphatic heterocycles. The molecule has 1 saturated heterocycles. The van der Waals surface area contributed by atoms with Gasteiger partial charge in [-0.1, -0.05) is 6.92 Å². The predicted molar refractivity (Wildman–Crippen MR) is 115 cm³/mol. The fraction of sp³-hybridized carbons (Fsp3) is 0.476. The number of hydrogen-bond donors (Lipinski definition) is 2. The van der Waals surface area contributed by atoms with Crippen molar-refractivity contribution in [3.8, 4) is 0 Å². The zero-order valence-corrected chi connectivity index (χ0v) is 17.8. The van der Waals surface area contributed by atoms with Crippen molar-refractivity contribution in [2.45, 2.75) is 33.2 Å². The van der Waals surface area contributed by atoms with Gasteiger partial charge < -0.3 is 15.5 Å². The summed E-state index contributed by atoms with van der Waals surface area (Å²) in [6.07, 6.45) is 3.02. The molecule has 0 bridgehead atoms. The molecular weight excluding hydrogens is 382 g/mol. The highest BCUT2D eigenvalue weighted by Gasteiger charge is 2.20. The first kappa shape index (κ1) is 21.6. The summed E-state index contributed by atoms with van der Waals surface area (Å²) in [7, 11) is 1.60. The van der Waals surface area contributed by atoms with Gasteiger partial charge in [0.05, 0.1) is 17.6 Å². The number of amides is 2. The number of anilines is 2. The number of carbonyl (C=O) groups excluding carboxylic acids is 2. The van der Waals surface area contributed by atoms with Gasteiger partial charge in [0.1, 0.15) is 5.69 Å². The molecule has 2 aromatic heterocycles. The summed E-state index contributed by atoms with van der Waals surface area (Å²) >= 11 is 0. The average Bonchev–Trinajstić information content (AvgIpc) is 2.74. The van der Waals surface area contributed by atoms with E-state index < -0.39 is 0 Å². The predicted octanol–water partition coefficient (Wildman–Crippen LogP) is 1.60. The van der Waals surface area contributed by atoms with Gasteiger partial charge in [0, 0.05) is 46.2 Å². The third-order valence-electron chi connectivity index (χ3n) is 5.09. The van der Waals surface area contributed by atoms with E-state index in [2.05, 4.69) is 35.6 Å². The van der Waals surface area contributed by atoms with Crippen LogP contribution in [0.5, 0.6) is 0 Å². The highest BCUT2D eigenvalue weighted by Crippen LogP contribution is 2.21. The summed E-state index contributed by atoms with van der Waals surface area (Å²) in [5.74, 6) is 0.289. The fourth-order valence-electron chi connectivity index (χ4n) is 3.53. The molecule has 0 atom stereocenters. The molecule has 1 fully saturated rings. The molecule has 9 nitrogen and oxygen atoms in total. The molecule has 0 aromatic carbocycles. The Morgan fingerprint density at radius 1 is 1.17 bits per heavy atom. The standard InChI is InChI=1S/C21H29N7O2/c1-4-5-20(29)25-19-12-16(13-23-26-19)14-27-8-10-28(11-9-27)18-7-6-17(21(30)22-3)24-15(18)2/h6-7,12-13H,4-5,8-11,14H2,1-3H3,(H,22,30)(H,25,26,29). The molecular formula is C21H29N7O2. The van der Waals surface area contributed by atoms with Crippen molar-refractivity contribution in [3.63, 3.8) is 0 Å². The molecule has 0 radical (unpaired) electrons. The molecule has 1 aliphatic rings. The van der Waals surface area contributed by atoms with Crippen molar-refractivity contribution in [1.29, 1.82) is 0 Å². The first-order valence-electron chi connectivity index (χ1n) is 10.3. The Balaban J connectivity index is 1.56. The number of rotatable bonds is 7. The van der Waals surface area contributed by atoms with Crippen LogP contribution in [0.4, 0.5) is 11.5 Å². The number of piperazine rings is 1. The van der Waals surface area contributed by atoms with Gasteiger partial charge in [0.15, 0.2) is 5.82 Å². The maximum atomic E-state index is 11.8. The number of hydrogen-bond acceptors (Lipinski definition) is 7. The minimum atomic E-state index is -0.175. The van der Waals surface area contributed by atoms with E-state index in [1.807, 2.05) is 26.0 Å². The maximum absolute atomic E-state index is 11.8. The summed E-state index contributed by atoms with van der Waals surface area (Å²) in [6.45, 7) is 8.21. The van der Waals surface area contributed by atoms with Crippen LogP contribution in [0.15, 0.2) is 24.4 Å². The van der Waals surface area contributed by atoms with E-state index in [-0.39, 0.29) is 11.8 Å². The van der Waals surface area contributed by atoms with Crippen LogP contribution < -0.4 is 15.5 Å². The van der Waals surface area contributed by atoms with Crippen molar-refractivity contribution in [3.05, 3.63) is 41.3 Å². The Bertz CT molecular complexity index is 895. The molecule has 9 heteroatoms. The molecule has 160 valence electrons. The van der Waals surface area contributed by atoms with E-state index in [1.165, 1.54) is 0 Å². The lowest BCUT2D eigenvalue weighted by atomic mass is 10.2. The summed E-state index contributed by atoms with van der Waals surface area (Å²) in [5.41, 5.74) is 3.38. The molecule has 2 amide bonds. The summed E-state index contributed by atoms with van der Waals surface area (Å²) in [6, 6.07) is 5.63. The molecule has 2 aromatic rings. The smallest absolute Gasteiger partial charge is 0.269 e. The monoisotopic (exact) mass is 411 g/mol. The van der Waals surface area contributed by atoms with Crippen LogP contribution in [0.2, 0.25) is 0 Å². The molecule has 0 aliphatic carbocycles. The van der Waals surface area contributed by atoms with Crippen LogP contribution in [-0.2, 0) is 11.3 Å². The lowest BCUT2D eigenvalue weighted by Crippen LogP contribution is -2.46. The minimum Gasteiger partial charge on any atom is -0.368 e. The van der Waals surface area contributed by atoms with E-state index in [0.717, 1.165) is 56.1 Å². The zero-order valence-electron chi connectivity index (χ0n) is 17.8. The Morgan fingerprint density at radius 3 is 2.60 bits per heavy atom. The molecule has 3 heterocycles. The van der Waals surface area contributed by atoms with Crippen molar-refractivity contribution < 1.29 is 9.59 Å². The summed E-state index contributed by atoms with van der Waals surface area (Å²) in [5, 5.41) is 13.4. The first-order chi connectivity index (χ1) is 14.5. The normalized spacial score (nSPS) is 14.4. The number of pyridine rings is 1. The highest BCUT2D eigenvalue weighted by atomic mass is 16.2. The molecule has 3 rings (SSSR count). The van der Waals surface area contributed by atoms with Crippen molar-refractivity contribution >= 4 is 23.3 Å². The lowest BCUT2D eigenvalue weighted by Gasteiger charge is -2.36. The van der Waals surface area contributed by atoms with Gasteiger partial charge in [-0.2, -0.15) is 5.10 Å². The van der Waals surface area contributed by atoms with Gasteiger partial charge in [-0.15, -0.1) is 5.10 Å². The van der Waals surface area contributed by atoms with Crippen molar-refractivity contribution in [1.82, 2.24) is 25.4 Å². The van der Waals surface area contributed by atoms with Crippen LogP contribution >= 0.6 is 0 Å². The number of carbonyl (C=O) groups is 2. The number of nitrogens with zero attached hydrogens (tertiary/aromatic N) is 5. The first-order valence-corrected chi connectivity index (χ1v) is 10.3. The van der Waals surface area contributed by atoms with Crippen LogP contribution in [0.1, 0.15) is 41.5 Å². The van der Waals surface area contributed by atoms with E-state index in [0.29, 0.717) is 17.9 Å². The second kappa shape index (κ2) is 10.1. The number of aryl methyl sites for hydroxylation is 1. The van der Waals surface area contributed by atoms with E-state index in [9.17, 15) is 9.59 Å². The van der Waals surface area contributed by atoms with Gasteiger partial charge in [0.2, 0.25) is 5.91 Å². The Labute approximate surface area is 176 Å². The van der Waals surface area contributed by atoms with Crippen LogP contribution in [-0.4, -0.2) is 65.1 Å². The fourth-order valence-corrected chi connectivity index (χ4v) is 3.53. The molecule has 0 spiro atoms. The van der Waals surface area contributed by atoms with E-state index >= 15 is 0 Å². The second-order valence-corrected chi connectivity index (χ2v) is 7.39. The van der Waals surface area contributed by atoms with Crippen molar-refractivity contribution in [2.24, 2.45) is 0 Å². The molecule has 0 unspecified atom stereocenters.